The summed E-state index contributed by atoms with van der Waals surface area (Å²) in [7, 11) is 1.65. The molecule has 0 aromatic heterocycles. The highest BCUT2D eigenvalue weighted by molar-refractivity contribution is 6.06. The van der Waals surface area contributed by atoms with Gasteiger partial charge in [0.1, 0.15) is 11.5 Å². The fraction of sp³-hybridized carbons (Fsp3) is 0.462. The van der Waals surface area contributed by atoms with Crippen molar-refractivity contribution in [2.24, 2.45) is 0 Å². The Bertz CT molecular complexity index is 962. The van der Waals surface area contributed by atoms with E-state index >= 15 is 0 Å². The molecule has 2 aromatic carbocycles. The zero-order valence-electron chi connectivity index (χ0n) is 19.2. The molecule has 2 aromatic rings. The van der Waals surface area contributed by atoms with Crippen molar-refractivity contribution >= 4 is 17.5 Å². The minimum absolute atomic E-state index is 0.0172. The summed E-state index contributed by atoms with van der Waals surface area (Å²) in [6, 6.07) is 13.4. The Hall–Kier alpha value is -3.02. The van der Waals surface area contributed by atoms with Crippen molar-refractivity contribution in [3.05, 3.63) is 53.6 Å². The van der Waals surface area contributed by atoms with E-state index in [0.717, 1.165) is 49.1 Å². The molecule has 170 valence electrons. The second-order valence-corrected chi connectivity index (χ2v) is 8.80. The molecule has 0 radical (unpaired) electrons. The number of nitrogens with zero attached hydrogens (tertiary/aromatic N) is 2. The van der Waals surface area contributed by atoms with Crippen molar-refractivity contribution in [1.29, 1.82) is 0 Å². The SMILES string of the molecule is COc1ccc2c(c1)CCCN2C(=O)c1ccc(OCC(=O)N2C(C)CCCC2C)cc1. The molecule has 6 nitrogen and oxygen atoms in total. The predicted octanol–water partition coefficient (Wildman–Crippen LogP) is 4.46. The van der Waals surface area contributed by atoms with Gasteiger partial charge in [0.15, 0.2) is 6.61 Å². The molecule has 0 saturated carbocycles. The Kier molecular flexibility index (Phi) is 6.68. The van der Waals surface area contributed by atoms with E-state index in [4.69, 9.17) is 9.47 Å². The monoisotopic (exact) mass is 436 g/mol. The lowest BCUT2D eigenvalue weighted by atomic mass is 9.97. The summed E-state index contributed by atoms with van der Waals surface area (Å²) in [6.45, 7) is 4.91. The average molecular weight is 437 g/mol. The van der Waals surface area contributed by atoms with Crippen molar-refractivity contribution < 1.29 is 19.1 Å². The van der Waals surface area contributed by atoms with Gasteiger partial charge in [-0.1, -0.05) is 0 Å². The van der Waals surface area contributed by atoms with Gasteiger partial charge >= 0.3 is 0 Å². The van der Waals surface area contributed by atoms with Crippen LogP contribution < -0.4 is 14.4 Å². The molecule has 32 heavy (non-hydrogen) atoms. The maximum atomic E-state index is 13.2. The lowest BCUT2D eigenvalue weighted by Gasteiger charge is -2.38. The number of ether oxygens (including phenoxy) is 2. The van der Waals surface area contributed by atoms with E-state index in [1.807, 2.05) is 28.0 Å². The van der Waals surface area contributed by atoms with Crippen LogP contribution >= 0.6 is 0 Å². The summed E-state index contributed by atoms with van der Waals surface area (Å²) in [5.74, 6) is 1.39. The Labute approximate surface area is 190 Å². The van der Waals surface area contributed by atoms with Gasteiger partial charge < -0.3 is 19.3 Å². The molecule has 0 N–H and O–H groups in total. The second kappa shape index (κ2) is 9.63. The van der Waals surface area contributed by atoms with E-state index in [1.165, 1.54) is 0 Å². The second-order valence-electron chi connectivity index (χ2n) is 8.80. The summed E-state index contributed by atoms with van der Waals surface area (Å²) in [5, 5.41) is 0. The molecule has 1 fully saturated rings. The third kappa shape index (κ3) is 4.59. The van der Waals surface area contributed by atoms with Gasteiger partial charge in [0, 0.05) is 29.9 Å². The largest absolute Gasteiger partial charge is 0.497 e. The number of aryl methyl sites for hydroxylation is 1. The van der Waals surface area contributed by atoms with Gasteiger partial charge in [0.2, 0.25) is 0 Å². The number of methoxy groups -OCH3 is 1. The van der Waals surface area contributed by atoms with E-state index in [1.54, 1.807) is 31.4 Å². The molecule has 2 aliphatic rings. The fourth-order valence-electron chi connectivity index (χ4n) is 4.89. The summed E-state index contributed by atoms with van der Waals surface area (Å²) in [5.41, 5.74) is 2.67. The number of amides is 2. The number of rotatable bonds is 5. The molecule has 2 atom stereocenters. The maximum absolute atomic E-state index is 13.2. The van der Waals surface area contributed by atoms with Gasteiger partial charge in [-0.15, -0.1) is 0 Å². The first-order valence-corrected chi connectivity index (χ1v) is 11.5. The minimum Gasteiger partial charge on any atom is -0.497 e. The normalized spacial score (nSPS) is 20.5. The predicted molar refractivity (Wildman–Crippen MR) is 125 cm³/mol. The Morgan fingerprint density at radius 2 is 1.66 bits per heavy atom. The van der Waals surface area contributed by atoms with Crippen LogP contribution in [0.25, 0.3) is 0 Å². The maximum Gasteiger partial charge on any atom is 0.260 e. The number of carbonyl (C=O) groups excluding carboxylic acids is 2. The van der Waals surface area contributed by atoms with Gasteiger partial charge in [0.05, 0.1) is 7.11 Å². The first kappa shape index (κ1) is 22.2. The molecule has 2 amide bonds. The van der Waals surface area contributed by atoms with Crippen LogP contribution in [0.15, 0.2) is 42.5 Å². The summed E-state index contributed by atoms with van der Waals surface area (Å²) < 4.78 is 11.1. The van der Waals surface area contributed by atoms with Crippen molar-refractivity contribution in [3.8, 4) is 11.5 Å². The number of carbonyl (C=O) groups is 2. The molecule has 2 aliphatic heterocycles. The Morgan fingerprint density at radius 1 is 0.969 bits per heavy atom. The number of benzene rings is 2. The van der Waals surface area contributed by atoms with E-state index < -0.39 is 0 Å². The highest BCUT2D eigenvalue weighted by Gasteiger charge is 2.29. The average Bonchev–Trinajstić information content (AvgIpc) is 2.81. The molecule has 1 saturated heterocycles. The van der Waals surface area contributed by atoms with Crippen LogP contribution in [0.5, 0.6) is 11.5 Å². The van der Waals surface area contributed by atoms with Crippen LogP contribution in [-0.4, -0.2) is 49.1 Å². The van der Waals surface area contributed by atoms with Crippen LogP contribution in [-0.2, 0) is 11.2 Å². The smallest absolute Gasteiger partial charge is 0.260 e. The van der Waals surface area contributed by atoms with Crippen molar-refractivity contribution in [2.75, 3.05) is 25.2 Å². The molecule has 2 heterocycles. The topological polar surface area (TPSA) is 59.1 Å². The van der Waals surface area contributed by atoms with Crippen LogP contribution in [0.4, 0.5) is 5.69 Å². The molecule has 2 unspecified atom stereocenters. The first-order valence-electron chi connectivity index (χ1n) is 11.5. The van der Waals surface area contributed by atoms with Crippen molar-refractivity contribution in [1.82, 2.24) is 4.90 Å². The van der Waals surface area contributed by atoms with E-state index in [0.29, 0.717) is 17.9 Å². The molecule has 0 aliphatic carbocycles. The molecule has 6 heteroatoms. The van der Waals surface area contributed by atoms with Gasteiger partial charge in [0.25, 0.3) is 11.8 Å². The van der Waals surface area contributed by atoms with Crippen LogP contribution in [0.1, 0.15) is 55.5 Å². The van der Waals surface area contributed by atoms with Gasteiger partial charge in [-0.05, 0) is 94.0 Å². The van der Waals surface area contributed by atoms with E-state index in [-0.39, 0.29) is 30.5 Å². The minimum atomic E-state index is -0.0327. The highest BCUT2D eigenvalue weighted by atomic mass is 16.5. The summed E-state index contributed by atoms with van der Waals surface area (Å²) >= 11 is 0. The Morgan fingerprint density at radius 3 is 2.34 bits per heavy atom. The van der Waals surface area contributed by atoms with Crippen LogP contribution in [0.2, 0.25) is 0 Å². The number of hydrogen-bond donors (Lipinski definition) is 0. The summed E-state index contributed by atoms with van der Waals surface area (Å²) in [6.07, 6.45) is 5.10. The van der Waals surface area contributed by atoms with Crippen molar-refractivity contribution in [2.45, 2.75) is 58.0 Å². The Balaban J connectivity index is 1.40. The number of likely N-dealkylation sites (tertiary alicyclic amines) is 1. The first-order chi connectivity index (χ1) is 15.5. The van der Waals surface area contributed by atoms with E-state index in [2.05, 4.69) is 13.8 Å². The van der Waals surface area contributed by atoms with E-state index in [9.17, 15) is 9.59 Å². The lowest BCUT2D eigenvalue weighted by molar-refractivity contribution is -0.139. The zero-order valence-corrected chi connectivity index (χ0v) is 19.2. The van der Waals surface area contributed by atoms with Crippen molar-refractivity contribution in [3.63, 3.8) is 0 Å². The number of fused-ring (bicyclic) bond motifs is 1. The van der Waals surface area contributed by atoms with Crippen LogP contribution in [0.3, 0.4) is 0 Å². The molecule has 0 bridgehead atoms. The van der Waals surface area contributed by atoms with Gasteiger partial charge in [-0.3, -0.25) is 9.59 Å². The zero-order chi connectivity index (χ0) is 22.7. The molecular weight excluding hydrogens is 404 g/mol. The molecular formula is C26H32N2O4. The summed E-state index contributed by atoms with van der Waals surface area (Å²) in [4.78, 5) is 29.6. The third-order valence-electron chi connectivity index (χ3n) is 6.60. The number of anilines is 1. The quantitative estimate of drug-likeness (QED) is 0.695. The lowest BCUT2D eigenvalue weighted by Crippen LogP contribution is -2.49. The highest BCUT2D eigenvalue weighted by Crippen LogP contribution is 2.31. The fourth-order valence-corrected chi connectivity index (χ4v) is 4.89. The number of piperidine rings is 1. The molecule has 0 spiro atoms. The standard InChI is InChI=1S/C26H32N2O4/c1-18-6-4-7-19(2)28(18)25(29)17-32-22-11-9-20(10-12-22)26(30)27-15-5-8-21-16-23(31-3)13-14-24(21)27/h9-14,16,18-19H,4-8,15,17H2,1-3H3. The van der Waals surface area contributed by atoms with Gasteiger partial charge in [-0.25, -0.2) is 0 Å². The third-order valence-corrected chi connectivity index (χ3v) is 6.60. The van der Waals surface area contributed by atoms with Gasteiger partial charge in [-0.2, -0.15) is 0 Å². The number of hydrogen-bond acceptors (Lipinski definition) is 4. The molecule has 4 rings (SSSR count). The van der Waals surface area contributed by atoms with Crippen LogP contribution in [0, 0.1) is 0 Å².